The molecule has 1 aliphatic rings. The summed E-state index contributed by atoms with van der Waals surface area (Å²) in [4.78, 5) is 12.9. The predicted molar refractivity (Wildman–Crippen MR) is 150 cm³/mol. The Morgan fingerprint density at radius 1 is 0.868 bits per heavy atom. The van der Waals surface area contributed by atoms with Gasteiger partial charge in [0.05, 0.1) is 16.3 Å². The molecule has 1 heterocycles. The van der Waals surface area contributed by atoms with Crippen molar-refractivity contribution in [1.82, 2.24) is 4.31 Å². The zero-order chi connectivity index (χ0) is 27.5. The van der Waals surface area contributed by atoms with Gasteiger partial charge < -0.3 is 5.32 Å². The van der Waals surface area contributed by atoms with E-state index in [0.29, 0.717) is 24.2 Å². The van der Waals surface area contributed by atoms with Crippen LogP contribution in [0.4, 0.5) is 11.4 Å². The van der Waals surface area contributed by atoms with Gasteiger partial charge in [-0.15, -0.1) is 0 Å². The number of piperidine rings is 1. The Hall–Kier alpha value is -3.21. The summed E-state index contributed by atoms with van der Waals surface area (Å²) in [7, 11) is -7.26. The maximum atomic E-state index is 12.9. The number of hydrogen-bond donors (Lipinski definition) is 2. The Kier molecular flexibility index (Phi) is 8.25. The molecule has 202 valence electrons. The van der Waals surface area contributed by atoms with Crippen LogP contribution in [0.1, 0.15) is 35.1 Å². The summed E-state index contributed by atoms with van der Waals surface area (Å²) >= 11 is 0. The van der Waals surface area contributed by atoms with Crippen molar-refractivity contribution < 1.29 is 21.6 Å². The van der Waals surface area contributed by atoms with Crippen LogP contribution in [0.3, 0.4) is 0 Å². The van der Waals surface area contributed by atoms with Crippen molar-refractivity contribution in [3.8, 4) is 0 Å². The Morgan fingerprint density at radius 3 is 2.08 bits per heavy atom. The number of carbonyl (C=O) groups is 1. The van der Waals surface area contributed by atoms with E-state index in [9.17, 15) is 21.6 Å². The number of aryl methyl sites for hydroxylation is 3. The van der Waals surface area contributed by atoms with Gasteiger partial charge in [-0.1, -0.05) is 48.0 Å². The second kappa shape index (κ2) is 11.3. The highest BCUT2D eigenvalue weighted by molar-refractivity contribution is 7.92. The first-order chi connectivity index (χ1) is 17.9. The number of nitrogens with zero attached hydrogens (tertiary/aromatic N) is 1. The molecule has 0 atom stereocenters. The van der Waals surface area contributed by atoms with Crippen LogP contribution in [0.2, 0.25) is 0 Å². The first-order valence-electron chi connectivity index (χ1n) is 12.5. The van der Waals surface area contributed by atoms with Crippen molar-refractivity contribution in [3.63, 3.8) is 0 Å². The first-order valence-corrected chi connectivity index (χ1v) is 15.6. The molecule has 1 saturated heterocycles. The monoisotopic (exact) mass is 555 g/mol. The number of rotatable bonds is 8. The summed E-state index contributed by atoms with van der Waals surface area (Å²) in [6, 6.07) is 19.0. The lowest BCUT2D eigenvalue weighted by molar-refractivity contribution is -0.120. The van der Waals surface area contributed by atoms with E-state index in [4.69, 9.17) is 0 Å². The zero-order valence-corrected chi connectivity index (χ0v) is 23.4. The molecule has 2 N–H and O–H groups in total. The van der Waals surface area contributed by atoms with Crippen molar-refractivity contribution in [3.05, 3.63) is 89.0 Å². The molecule has 0 radical (unpaired) electrons. The van der Waals surface area contributed by atoms with Crippen LogP contribution in [0, 0.1) is 26.7 Å². The first kappa shape index (κ1) is 27.8. The average Bonchev–Trinajstić information content (AvgIpc) is 2.86. The molecule has 10 heteroatoms. The molecule has 8 nitrogen and oxygen atoms in total. The quantitative estimate of drug-likeness (QED) is 0.422. The molecule has 3 aromatic carbocycles. The fourth-order valence-corrected chi connectivity index (χ4v) is 7.38. The van der Waals surface area contributed by atoms with E-state index in [0.717, 1.165) is 22.3 Å². The summed E-state index contributed by atoms with van der Waals surface area (Å²) < 4.78 is 55.6. The Balaban J connectivity index is 1.33. The van der Waals surface area contributed by atoms with Gasteiger partial charge >= 0.3 is 0 Å². The standard InChI is InChI=1S/C28H33N3O5S2/c1-20-6-4-9-23(18-20)19-37(33,34)31-16-14-24(15-17-31)28(32)29-25-10-12-26(13-11-25)38(35,36)30-27-21(2)7-5-8-22(27)3/h4-13,18,24,30H,14-17,19H2,1-3H3,(H,29,32). The summed E-state index contributed by atoms with van der Waals surface area (Å²) in [5, 5.41) is 2.84. The molecule has 0 saturated carbocycles. The molecule has 38 heavy (non-hydrogen) atoms. The summed E-state index contributed by atoms with van der Waals surface area (Å²) in [6.45, 7) is 6.18. The highest BCUT2D eigenvalue weighted by atomic mass is 32.2. The highest BCUT2D eigenvalue weighted by Crippen LogP contribution is 2.26. The molecule has 0 spiro atoms. The van der Waals surface area contributed by atoms with Crippen LogP contribution >= 0.6 is 0 Å². The van der Waals surface area contributed by atoms with Crippen LogP contribution in [0.15, 0.2) is 71.6 Å². The van der Waals surface area contributed by atoms with Gasteiger partial charge in [0.15, 0.2) is 0 Å². The van der Waals surface area contributed by atoms with Gasteiger partial charge in [-0.2, -0.15) is 0 Å². The van der Waals surface area contributed by atoms with Crippen molar-refractivity contribution in [2.75, 3.05) is 23.1 Å². The second-order valence-electron chi connectivity index (χ2n) is 9.80. The molecule has 0 aromatic heterocycles. The number of amides is 1. The van der Waals surface area contributed by atoms with Gasteiger partial charge in [0.2, 0.25) is 15.9 Å². The number of benzene rings is 3. The van der Waals surface area contributed by atoms with Crippen LogP contribution in [-0.4, -0.2) is 40.1 Å². The van der Waals surface area contributed by atoms with Crippen LogP contribution in [0.25, 0.3) is 0 Å². The molecule has 1 aliphatic heterocycles. The lowest BCUT2D eigenvalue weighted by Gasteiger charge is -2.30. The minimum Gasteiger partial charge on any atom is -0.326 e. The molecule has 3 aromatic rings. The molecule has 0 aliphatic carbocycles. The normalized spacial score (nSPS) is 15.2. The largest absolute Gasteiger partial charge is 0.326 e. The van der Waals surface area contributed by atoms with Crippen LogP contribution in [0.5, 0.6) is 0 Å². The molecule has 1 fully saturated rings. The Morgan fingerprint density at radius 2 is 1.47 bits per heavy atom. The smallest absolute Gasteiger partial charge is 0.261 e. The SMILES string of the molecule is Cc1cccc(CS(=O)(=O)N2CCC(C(=O)Nc3ccc(S(=O)(=O)Nc4c(C)cccc4C)cc3)CC2)c1. The minimum absolute atomic E-state index is 0.0565. The van der Waals surface area contributed by atoms with Gasteiger partial charge in [0.25, 0.3) is 10.0 Å². The second-order valence-corrected chi connectivity index (χ2v) is 13.5. The lowest BCUT2D eigenvalue weighted by atomic mass is 9.97. The Labute approximate surface area is 225 Å². The topological polar surface area (TPSA) is 113 Å². The summed E-state index contributed by atoms with van der Waals surface area (Å²) in [5.41, 5.74) is 4.45. The third kappa shape index (κ3) is 6.61. The predicted octanol–water partition coefficient (Wildman–Crippen LogP) is 4.59. The summed E-state index contributed by atoms with van der Waals surface area (Å²) in [6.07, 6.45) is 0.843. The number of sulfonamides is 2. The van der Waals surface area contributed by atoms with Crippen molar-refractivity contribution in [1.29, 1.82) is 0 Å². The zero-order valence-electron chi connectivity index (χ0n) is 21.8. The van der Waals surface area contributed by atoms with E-state index < -0.39 is 20.0 Å². The van der Waals surface area contributed by atoms with E-state index in [1.807, 2.05) is 57.2 Å². The third-order valence-electron chi connectivity index (χ3n) is 6.80. The third-order valence-corrected chi connectivity index (χ3v) is 10.0. The lowest BCUT2D eigenvalue weighted by Crippen LogP contribution is -2.41. The maximum absolute atomic E-state index is 12.9. The number of para-hydroxylation sites is 1. The highest BCUT2D eigenvalue weighted by Gasteiger charge is 2.31. The average molecular weight is 556 g/mol. The molecule has 0 unspecified atom stereocenters. The molecule has 1 amide bonds. The molecular weight excluding hydrogens is 522 g/mol. The van der Waals surface area contributed by atoms with Gasteiger partial charge in [0, 0.05) is 24.7 Å². The number of anilines is 2. The number of nitrogens with one attached hydrogen (secondary N) is 2. The van der Waals surface area contributed by atoms with E-state index in [-0.39, 0.29) is 35.6 Å². The molecular formula is C28H33N3O5S2. The molecule has 0 bridgehead atoms. The van der Waals surface area contributed by atoms with Crippen molar-refractivity contribution >= 4 is 37.3 Å². The fourth-order valence-electron chi connectivity index (χ4n) is 4.63. The minimum atomic E-state index is -3.79. The van der Waals surface area contributed by atoms with Gasteiger partial charge in [0.1, 0.15) is 0 Å². The van der Waals surface area contributed by atoms with Gasteiger partial charge in [-0.25, -0.2) is 21.1 Å². The van der Waals surface area contributed by atoms with Gasteiger partial charge in [-0.05, 0) is 74.6 Å². The number of carbonyl (C=O) groups excluding carboxylic acids is 1. The Bertz CT molecular complexity index is 1510. The van der Waals surface area contributed by atoms with Gasteiger partial charge in [-0.3, -0.25) is 9.52 Å². The number of hydrogen-bond acceptors (Lipinski definition) is 5. The van der Waals surface area contributed by atoms with Crippen molar-refractivity contribution in [2.45, 2.75) is 44.3 Å². The summed E-state index contributed by atoms with van der Waals surface area (Å²) in [5.74, 6) is -0.585. The van der Waals surface area contributed by atoms with Crippen molar-refractivity contribution in [2.24, 2.45) is 5.92 Å². The van der Waals surface area contributed by atoms with E-state index in [2.05, 4.69) is 10.0 Å². The van der Waals surface area contributed by atoms with E-state index in [1.54, 1.807) is 18.2 Å². The van der Waals surface area contributed by atoms with E-state index in [1.165, 1.54) is 16.4 Å². The van der Waals surface area contributed by atoms with Crippen LogP contribution < -0.4 is 10.0 Å². The maximum Gasteiger partial charge on any atom is 0.261 e. The van der Waals surface area contributed by atoms with E-state index >= 15 is 0 Å². The fraction of sp³-hybridized carbons (Fsp3) is 0.321. The molecule has 4 rings (SSSR count). The van der Waals surface area contributed by atoms with Crippen LogP contribution in [-0.2, 0) is 30.6 Å².